The molecule has 342 valence electrons. The van der Waals surface area contributed by atoms with Crippen LogP contribution in [0.4, 0.5) is 0 Å². The monoisotopic (exact) mass is 885 g/mol. The van der Waals surface area contributed by atoms with Crippen molar-refractivity contribution >= 4 is 41.8 Å². The second kappa shape index (κ2) is 21.7. The summed E-state index contributed by atoms with van der Waals surface area (Å²) in [7, 11) is 0. The van der Waals surface area contributed by atoms with E-state index in [4.69, 9.17) is 56.8 Å². The Labute approximate surface area is 351 Å². The van der Waals surface area contributed by atoms with Crippen LogP contribution in [-0.2, 0) is 90.4 Å². The second-order valence-electron chi connectivity index (χ2n) is 14.1. The van der Waals surface area contributed by atoms with E-state index in [0.717, 1.165) is 53.0 Å². The number of carbonyl (C=O) groups excluding carboxylic acids is 7. The summed E-state index contributed by atoms with van der Waals surface area (Å²) in [5.74, 6) is -6.11. The van der Waals surface area contributed by atoms with Gasteiger partial charge < -0.3 is 56.8 Å². The van der Waals surface area contributed by atoms with E-state index in [9.17, 15) is 48.7 Å². The van der Waals surface area contributed by atoms with Gasteiger partial charge in [-0.05, 0) is 12.5 Å². The van der Waals surface area contributed by atoms with Crippen molar-refractivity contribution < 1.29 is 90.4 Å². The third-order valence-corrected chi connectivity index (χ3v) is 9.17. The lowest BCUT2D eigenvalue weighted by Gasteiger charge is -2.48. The fourth-order valence-corrected chi connectivity index (χ4v) is 6.84. The van der Waals surface area contributed by atoms with Crippen LogP contribution in [0.5, 0.6) is 0 Å². The van der Waals surface area contributed by atoms with Gasteiger partial charge in [-0.15, -0.1) is 0 Å². The Morgan fingerprint density at radius 1 is 0.677 bits per heavy atom. The predicted molar refractivity (Wildman–Crippen MR) is 197 cm³/mol. The first-order chi connectivity index (χ1) is 29.2. The highest BCUT2D eigenvalue weighted by Crippen LogP contribution is 2.37. The van der Waals surface area contributed by atoms with Crippen LogP contribution in [0.3, 0.4) is 0 Å². The number of rotatable bonds is 16. The van der Waals surface area contributed by atoms with Crippen LogP contribution in [0.25, 0.3) is 10.4 Å². The molecule has 1 N–H and O–H groups in total. The average molecular weight is 886 g/mol. The molecule has 0 amide bonds. The number of H-pyrrole nitrogens is 1. The van der Waals surface area contributed by atoms with Crippen LogP contribution in [0.1, 0.15) is 66.7 Å². The summed E-state index contributed by atoms with van der Waals surface area (Å²) in [6.45, 7) is 6.95. The lowest BCUT2D eigenvalue weighted by molar-refractivity contribution is -0.350. The van der Waals surface area contributed by atoms with Gasteiger partial charge in [0.25, 0.3) is 5.56 Å². The number of aromatic amines is 1. The summed E-state index contributed by atoms with van der Waals surface area (Å²) in [5, 5.41) is 3.76. The number of ether oxygens (including phenoxy) is 12. The molecular weight excluding hydrogens is 838 g/mol. The topological polar surface area (TPSA) is 334 Å². The Morgan fingerprint density at radius 2 is 1.19 bits per heavy atom. The SMILES string of the molecule is CC(=O)OC[C@H]1O[C@@H](O[C@H]2[C@H](OC(C)=O)[C@H](N=[N+]=[N-])[C@@H](OC[C@H]3O[C@@H](n4cc(C)c(=O)[nH]c4=O)C[C@@H]3OC(C)=O)O[C@@H]2COC(C)=O)[C@H](OC(C)=O)[C@@H](OC(C)=O)[C@H]1OC(C)=O. The van der Waals surface area contributed by atoms with Crippen LogP contribution in [0, 0.1) is 6.92 Å². The highest BCUT2D eigenvalue weighted by Gasteiger charge is 2.57. The zero-order valence-electron chi connectivity index (χ0n) is 34.8. The summed E-state index contributed by atoms with van der Waals surface area (Å²) in [5.41, 5.74) is 8.48. The first kappa shape index (κ1) is 48.7. The Morgan fingerprint density at radius 3 is 1.74 bits per heavy atom. The number of nitrogens with zero attached hydrogens (tertiary/aromatic N) is 4. The molecule has 0 aliphatic carbocycles. The first-order valence-corrected chi connectivity index (χ1v) is 18.9. The molecule has 3 fully saturated rings. The molecule has 26 nitrogen and oxygen atoms in total. The molecule has 0 saturated carbocycles. The summed E-state index contributed by atoms with van der Waals surface area (Å²) in [6, 6.07) is -1.66. The van der Waals surface area contributed by atoms with Gasteiger partial charge in [-0.2, -0.15) is 0 Å². The number of hydrogen-bond donors (Lipinski definition) is 1. The highest BCUT2D eigenvalue weighted by atomic mass is 16.8. The standard InChI is InChI=1S/C36H47N5O21/c1-14-10-41(36(50)38-33(14)49)26-9-22(54-17(4)44)23(59-26)11-53-34-27(39-40-37)30(56-19(6)46)28(24(60-34)12-51-15(2)42)62-35-32(58-21(8)48)31(57-20(7)47)29(55-18(5)45)25(61-35)13-52-16(3)43/h10,22-32,34-35H,9,11-13H2,1-8H3,(H,38,49,50)/t22-,23+,24+,25+,26+,27-,28+,29-,30+,31-,32+,34-,35-/m0/s1. The minimum absolute atomic E-state index is 0.0820. The maximum atomic E-state index is 12.7. The quantitative estimate of drug-likeness (QED) is 0.0715. The number of carbonyl (C=O) groups is 7. The van der Waals surface area contributed by atoms with Crippen molar-refractivity contribution in [2.24, 2.45) is 5.11 Å². The molecule has 0 unspecified atom stereocenters. The largest absolute Gasteiger partial charge is 0.463 e. The van der Waals surface area contributed by atoms with Crippen LogP contribution >= 0.6 is 0 Å². The Balaban J connectivity index is 1.75. The van der Waals surface area contributed by atoms with Gasteiger partial charge in [0.15, 0.2) is 30.9 Å². The van der Waals surface area contributed by atoms with E-state index in [-0.39, 0.29) is 12.0 Å². The van der Waals surface area contributed by atoms with Gasteiger partial charge in [0.2, 0.25) is 0 Å². The third-order valence-electron chi connectivity index (χ3n) is 9.17. The number of nitrogens with one attached hydrogen (secondary N) is 1. The molecule has 26 heteroatoms. The Kier molecular flexibility index (Phi) is 17.1. The van der Waals surface area contributed by atoms with Crippen LogP contribution in [-0.4, -0.2) is 145 Å². The Bertz CT molecular complexity index is 2020. The van der Waals surface area contributed by atoms with Gasteiger partial charge >= 0.3 is 47.5 Å². The van der Waals surface area contributed by atoms with Gasteiger partial charge in [0.05, 0.1) is 6.61 Å². The Hall–Kier alpha value is -5.92. The number of esters is 7. The van der Waals surface area contributed by atoms with Gasteiger partial charge in [0, 0.05) is 71.6 Å². The smallest absolute Gasteiger partial charge is 0.330 e. The first-order valence-electron chi connectivity index (χ1n) is 18.9. The number of aryl methyl sites for hydroxylation is 1. The summed E-state index contributed by atoms with van der Waals surface area (Å²) >= 11 is 0. The molecule has 3 aliphatic rings. The molecule has 4 rings (SSSR count). The lowest BCUT2D eigenvalue weighted by atomic mass is 9.95. The minimum Gasteiger partial charge on any atom is -0.463 e. The maximum absolute atomic E-state index is 12.7. The molecule has 62 heavy (non-hydrogen) atoms. The average Bonchev–Trinajstić information content (AvgIpc) is 3.55. The molecule has 1 aromatic heterocycles. The highest BCUT2D eigenvalue weighted by molar-refractivity contribution is 5.69. The van der Waals surface area contributed by atoms with Gasteiger partial charge in [-0.25, -0.2) is 4.79 Å². The van der Waals surface area contributed by atoms with Crippen molar-refractivity contribution in [3.63, 3.8) is 0 Å². The molecule has 0 spiro atoms. The van der Waals surface area contributed by atoms with E-state index in [0.29, 0.717) is 0 Å². The molecule has 1 aromatic rings. The molecule has 3 saturated heterocycles. The van der Waals surface area contributed by atoms with Crippen molar-refractivity contribution in [1.29, 1.82) is 0 Å². The second-order valence-corrected chi connectivity index (χ2v) is 14.1. The van der Waals surface area contributed by atoms with Gasteiger partial charge in [-0.3, -0.25) is 47.9 Å². The zero-order chi connectivity index (χ0) is 46.0. The molecule has 0 bridgehead atoms. The van der Waals surface area contributed by atoms with E-state index in [1.807, 2.05) is 0 Å². The molecular formula is C36H47N5O21. The molecule has 4 heterocycles. The number of hydrogen-bond acceptors (Lipinski definition) is 22. The number of aromatic nitrogens is 2. The molecule has 0 radical (unpaired) electrons. The lowest BCUT2D eigenvalue weighted by Crippen LogP contribution is -2.66. The van der Waals surface area contributed by atoms with E-state index < -0.39 is 153 Å². The van der Waals surface area contributed by atoms with Crippen molar-refractivity contribution in [2.75, 3.05) is 19.8 Å². The van der Waals surface area contributed by atoms with Gasteiger partial charge in [0.1, 0.15) is 62.1 Å². The van der Waals surface area contributed by atoms with Crippen molar-refractivity contribution in [1.82, 2.24) is 9.55 Å². The minimum atomic E-state index is -1.89. The van der Waals surface area contributed by atoms with Crippen molar-refractivity contribution in [3.8, 4) is 0 Å². The summed E-state index contributed by atoms with van der Waals surface area (Å²) < 4.78 is 69.5. The molecule has 13 atom stereocenters. The summed E-state index contributed by atoms with van der Waals surface area (Å²) in [4.78, 5) is 116. The fourth-order valence-electron chi connectivity index (χ4n) is 6.84. The fraction of sp³-hybridized carbons (Fsp3) is 0.694. The van der Waals surface area contributed by atoms with E-state index in [1.54, 1.807) is 0 Å². The maximum Gasteiger partial charge on any atom is 0.330 e. The van der Waals surface area contributed by atoms with Gasteiger partial charge in [-0.1, -0.05) is 5.11 Å². The molecule has 0 aromatic carbocycles. The zero-order valence-corrected chi connectivity index (χ0v) is 34.8. The predicted octanol–water partition coefficient (Wildman–Crippen LogP) is -0.552. The van der Waals surface area contributed by atoms with E-state index in [2.05, 4.69) is 15.0 Å². The molecule has 3 aliphatic heterocycles. The summed E-state index contributed by atoms with van der Waals surface area (Å²) in [6.07, 6.45) is -17.1. The normalized spacial score (nSPS) is 30.4. The van der Waals surface area contributed by atoms with Crippen LogP contribution in [0.2, 0.25) is 0 Å². The third kappa shape index (κ3) is 13.0. The van der Waals surface area contributed by atoms with Crippen LogP contribution < -0.4 is 11.2 Å². The van der Waals surface area contributed by atoms with E-state index in [1.165, 1.54) is 13.1 Å². The van der Waals surface area contributed by atoms with Crippen molar-refractivity contribution in [2.45, 2.75) is 142 Å². The van der Waals surface area contributed by atoms with E-state index >= 15 is 0 Å². The van der Waals surface area contributed by atoms with Crippen molar-refractivity contribution in [3.05, 3.63) is 43.0 Å². The van der Waals surface area contributed by atoms with Crippen LogP contribution in [0.15, 0.2) is 20.9 Å². The number of azide groups is 1.